The Labute approximate surface area is 134 Å². The fourth-order valence-electron chi connectivity index (χ4n) is 1.82. The van der Waals surface area contributed by atoms with Gasteiger partial charge in [0.05, 0.1) is 11.3 Å². The van der Waals surface area contributed by atoms with Crippen LogP contribution in [0.1, 0.15) is 21.5 Å². The Morgan fingerprint density at radius 1 is 1.38 bits per heavy atom. The highest BCUT2D eigenvalue weighted by Crippen LogP contribution is 2.29. The van der Waals surface area contributed by atoms with Crippen molar-refractivity contribution in [3.63, 3.8) is 0 Å². The minimum absolute atomic E-state index is 0.0502. The summed E-state index contributed by atoms with van der Waals surface area (Å²) in [5.41, 5.74) is 1.96. The molecule has 0 radical (unpaired) electrons. The Morgan fingerprint density at radius 3 is 2.76 bits per heavy atom. The molecule has 0 bridgehead atoms. The molecule has 2 rings (SSSR count). The van der Waals surface area contributed by atoms with Crippen molar-refractivity contribution >= 4 is 39.2 Å². The van der Waals surface area contributed by atoms with Gasteiger partial charge >= 0.3 is 5.97 Å². The van der Waals surface area contributed by atoms with Crippen molar-refractivity contribution in [2.24, 2.45) is 0 Å². The molecule has 2 N–H and O–H groups in total. The van der Waals surface area contributed by atoms with Crippen LogP contribution >= 0.6 is 27.5 Å². The zero-order valence-corrected chi connectivity index (χ0v) is 13.4. The molecule has 3 nitrogen and oxygen atoms in total. The van der Waals surface area contributed by atoms with Crippen LogP contribution in [0.5, 0.6) is 0 Å². The first-order valence-electron chi connectivity index (χ1n) is 6.09. The van der Waals surface area contributed by atoms with Gasteiger partial charge in [-0.15, -0.1) is 0 Å². The molecule has 0 saturated heterocycles. The molecule has 6 heteroatoms. The lowest BCUT2D eigenvalue weighted by molar-refractivity contribution is 0.0696. The maximum Gasteiger partial charge on any atom is 0.335 e. The van der Waals surface area contributed by atoms with E-state index >= 15 is 0 Å². The molecule has 0 aromatic heterocycles. The summed E-state index contributed by atoms with van der Waals surface area (Å²) in [4.78, 5) is 10.9. The second-order valence-electron chi connectivity index (χ2n) is 4.55. The number of carbonyl (C=O) groups is 1. The normalized spacial score (nSPS) is 10.5. The molecule has 0 fully saturated rings. The average molecular weight is 373 g/mol. The Hall–Kier alpha value is -1.59. The van der Waals surface area contributed by atoms with E-state index in [1.807, 2.05) is 13.0 Å². The van der Waals surface area contributed by atoms with Crippen LogP contribution in [-0.4, -0.2) is 11.1 Å². The van der Waals surface area contributed by atoms with E-state index in [0.717, 1.165) is 16.1 Å². The molecule has 0 unspecified atom stereocenters. The molecule has 110 valence electrons. The molecule has 0 amide bonds. The van der Waals surface area contributed by atoms with Crippen LogP contribution in [0.25, 0.3) is 0 Å². The van der Waals surface area contributed by atoms with Gasteiger partial charge in [0.2, 0.25) is 0 Å². The number of aryl methyl sites for hydroxylation is 1. The summed E-state index contributed by atoms with van der Waals surface area (Å²) < 4.78 is 14.5. The first-order valence-corrected chi connectivity index (χ1v) is 7.27. The first kappa shape index (κ1) is 15.8. The van der Waals surface area contributed by atoms with E-state index in [-0.39, 0.29) is 17.7 Å². The molecule has 2 aromatic rings. The highest BCUT2D eigenvalue weighted by Gasteiger charge is 2.10. The Bertz CT molecular complexity index is 706. The molecule has 0 aliphatic carbocycles. The third kappa shape index (κ3) is 3.74. The topological polar surface area (TPSA) is 49.3 Å². The predicted molar refractivity (Wildman–Crippen MR) is 84.6 cm³/mol. The lowest BCUT2D eigenvalue weighted by Crippen LogP contribution is -2.05. The number of carboxylic acids is 1. The molecule has 0 saturated carbocycles. The molecule has 21 heavy (non-hydrogen) atoms. The van der Waals surface area contributed by atoms with Crippen molar-refractivity contribution in [1.29, 1.82) is 0 Å². The summed E-state index contributed by atoms with van der Waals surface area (Å²) in [5.74, 6) is -1.54. The Kier molecular flexibility index (Phi) is 4.85. The van der Waals surface area contributed by atoms with Crippen LogP contribution in [0, 0.1) is 12.7 Å². The number of anilines is 1. The van der Waals surface area contributed by atoms with Gasteiger partial charge in [0.1, 0.15) is 5.82 Å². The van der Waals surface area contributed by atoms with Gasteiger partial charge in [-0.25, -0.2) is 9.18 Å². The molecule has 0 atom stereocenters. The van der Waals surface area contributed by atoms with Crippen LogP contribution in [0.4, 0.5) is 10.1 Å². The molecule has 0 heterocycles. The van der Waals surface area contributed by atoms with Crippen LogP contribution in [0.15, 0.2) is 34.8 Å². The van der Waals surface area contributed by atoms with Crippen molar-refractivity contribution < 1.29 is 14.3 Å². The zero-order valence-electron chi connectivity index (χ0n) is 11.1. The Morgan fingerprint density at radius 2 is 2.10 bits per heavy atom. The number of carboxylic acid groups (broad SMARTS) is 1. The van der Waals surface area contributed by atoms with E-state index in [1.165, 1.54) is 12.1 Å². The number of halogens is 3. The molecule has 2 aromatic carbocycles. The summed E-state index contributed by atoms with van der Waals surface area (Å²) in [6, 6.07) is 7.29. The molecule has 0 aliphatic heterocycles. The number of nitrogens with one attached hydrogen (secondary N) is 1. The van der Waals surface area contributed by atoms with Gasteiger partial charge in [-0.05, 0) is 58.7 Å². The third-order valence-corrected chi connectivity index (χ3v) is 4.07. The second kappa shape index (κ2) is 6.45. The van der Waals surface area contributed by atoms with E-state index in [2.05, 4.69) is 21.2 Å². The number of hydrogen-bond donors (Lipinski definition) is 2. The van der Waals surface area contributed by atoms with Gasteiger partial charge in [0, 0.05) is 21.6 Å². The minimum Gasteiger partial charge on any atom is -0.478 e. The number of aromatic carboxylic acids is 1. The predicted octanol–water partition coefficient (Wildman–Crippen LogP) is 4.86. The van der Waals surface area contributed by atoms with Gasteiger partial charge in [0.15, 0.2) is 0 Å². The van der Waals surface area contributed by atoms with E-state index in [9.17, 15) is 9.18 Å². The molecule has 0 aliphatic rings. The lowest BCUT2D eigenvalue weighted by atomic mass is 10.1. The second-order valence-corrected chi connectivity index (χ2v) is 5.81. The van der Waals surface area contributed by atoms with Crippen molar-refractivity contribution in [1.82, 2.24) is 0 Å². The minimum atomic E-state index is -1.09. The maximum atomic E-state index is 13.7. The zero-order chi connectivity index (χ0) is 15.6. The number of hydrogen-bond acceptors (Lipinski definition) is 2. The van der Waals surface area contributed by atoms with E-state index in [1.54, 1.807) is 6.07 Å². The maximum absolute atomic E-state index is 13.7. The molecular formula is C15H12BrClFNO2. The van der Waals surface area contributed by atoms with Gasteiger partial charge in [0.25, 0.3) is 0 Å². The number of rotatable bonds is 4. The van der Waals surface area contributed by atoms with Gasteiger partial charge < -0.3 is 10.4 Å². The standard InChI is InChI=1S/C15H12BrClFNO2/c1-8-4-11(16)14(6-12(8)17)19-7-10-5-9(15(20)21)2-3-13(10)18/h2-6,19H,7H2,1H3,(H,20,21). The summed E-state index contributed by atoms with van der Waals surface area (Å²) in [5, 5.41) is 12.6. The first-order chi connectivity index (χ1) is 9.88. The lowest BCUT2D eigenvalue weighted by Gasteiger charge is -2.11. The summed E-state index contributed by atoms with van der Waals surface area (Å²) >= 11 is 9.46. The fourth-order valence-corrected chi connectivity index (χ4v) is 2.58. The average Bonchev–Trinajstić information content (AvgIpc) is 2.42. The number of benzene rings is 2. The van der Waals surface area contributed by atoms with Gasteiger partial charge in [-0.3, -0.25) is 0 Å². The van der Waals surface area contributed by atoms with Crippen molar-refractivity contribution in [3.8, 4) is 0 Å². The summed E-state index contributed by atoms with van der Waals surface area (Å²) in [7, 11) is 0. The van der Waals surface area contributed by atoms with Crippen LogP contribution in [0.2, 0.25) is 5.02 Å². The quantitative estimate of drug-likeness (QED) is 0.806. The molecule has 0 spiro atoms. The Balaban J connectivity index is 2.22. The highest BCUT2D eigenvalue weighted by molar-refractivity contribution is 9.10. The van der Waals surface area contributed by atoms with E-state index in [4.69, 9.17) is 16.7 Å². The SMILES string of the molecule is Cc1cc(Br)c(NCc2cc(C(=O)O)ccc2F)cc1Cl. The highest BCUT2D eigenvalue weighted by atomic mass is 79.9. The smallest absolute Gasteiger partial charge is 0.335 e. The van der Waals surface area contributed by atoms with Crippen LogP contribution in [-0.2, 0) is 6.54 Å². The largest absolute Gasteiger partial charge is 0.478 e. The van der Waals surface area contributed by atoms with Crippen LogP contribution in [0.3, 0.4) is 0 Å². The van der Waals surface area contributed by atoms with Gasteiger partial charge in [-0.2, -0.15) is 0 Å². The summed E-state index contributed by atoms with van der Waals surface area (Å²) in [6.07, 6.45) is 0. The van der Waals surface area contributed by atoms with E-state index in [0.29, 0.717) is 10.7 Å². The van der Waals surface area contributed by atoms with Crippen LogP contribution < -0.4 is 5.32 Å². The van der Waals surface area contributed by atoms with Crippen molar-refractivity contribution in [2.75, 3.05) is 5.32 Å². The third-order valence-electron chi connectivity index (χ3n) is 3.01. The summed E-state index contributed by atoms with van der Waals surface area (Å²) in [6.45, 7) is 2.04. The monoisotopic (exact) mass is 371 g/mol. The van der Waals surface area contributed by atoms with E-state index < -0.39 is 11.8 Å². The van der Waals surface area contributed by atoms with Crippen molar-refractivity contribution in [3.05, 3.63) is 62.3 Å². The van der Waals surface area contributed by atoms with Crippen molar-refractivity contribution in [2.45, 2.75) is 13.5 Å². The fraction of sp³-hybridized carbons (Fsp3) is 0.133. The van der Waals surface area contributed by atoms with Gasteiger partial charge in [-0.1, -0.05) is 11.6 Å². The molecular weight excluding hydrogens is 361 g/mol.